The molecule has 0 bridgehead atoms. The van der Waals surface area contributed by atoms with E-state index in [4.69, 9.17) is 0 Å². The summed E-state index contributed by atoms with van der Waals surface area (Å²) >= 11 is 0. The summed E-state index contributed by atoms with van der Waals surface area (Å²) in [6, 6.07) is 9.39. The van der Waals surface area contributed by atoms with E-state index in [1.54, 1.807) is 13.0 Å². The monoisotopic (exact) mass is 196 g/mol. The number of hydrogen-bond donors (Lipinski definition) is 0. The fourth-order valence-corrected chi connectivity index (χ4v) is 1.24. The van der Waals surface area contributed by atoms with E-state index in [0.717, 1.165) is 5.56 Å². The maximum absolute atomic E-state index is 11.1. The molecule has 2 nitrogen and oxygen atoms in total. The number of allylic oxidation sites excluding steroid dienone is 1. The highest BCUT2D eigenvalue weighted by atomic mass is 32.2. The molecule has 1 aromatic carbocycles. The molecule has 0 aliphatic heterocycles. The first kappa shape index (κ1) is 9.99. The SMILES string of the molecule is C/C(=C\c1ccccc1)S(C)(=O)=O. The van der Waals surface area contributed by atoms with Crippen molar-refractivity contribution in [3.8, 4) is 0 Å². The van der Waals surface area contributed by atoms with Gasteiger partial charge in [-0.15, -0.1) is 0 Å². The molecular weight excluding hydrogens is 184 g/mol. The Morgan fingerprint density at radius 1 is 1.23 bits per heavy atom. The van der Waals surface area contributed by atoms with E-state index in [9.17, 15) is 8.42 Å². The van der Waals surface area contributed by atoms with E-state index >= 15 is 0 Å². The van der Waals surface area contributed by atoms with Crippen molar-refractivity contribution in [2.24, 2.45) is 0 Å². The third-order valence-electron chi connectivity index (χ3n) is 1.75. The van der Waals surface area contributed by atoms with Crippen molar-refractivity contribution in [3.63, 3.8) is 0 Å². The van der Waals surface area contributed by atoms with Gasteiger partial charge in [-0.25, -0.2) is 8.42 Å². The highest BCUT2D eigenvalue weighted by molar-refractivity contribution is 7.94. The lowest BCUT2D eigenvalue weighted by Crippen LogP contribution is -1.96. The average molecular weight is 196 g/mol. The van der Waals surface area contributed by atoms with Crippen molar-refractivity contribution in [1.82, 2.24) is 0 Å². The van der Waals surface area contributed by atoms with Gasteiger partial charge in [0.05, 0.1) is 0 Å². The summed E-state index contributed by atoms with van der Waals surface area (Å²) in [7, 11) is -3.04. The van der Waals surface area contributed by atoms with E-state index in [1.165, 1.54) is 6.26 Å². The number of rotatable bonds is 2. The highest BCUT2D eigenvalue weighted by Gasteiger charge is 2.03. The van der Waals surface area contributed by atoms with Gasteiger partial charge >= 0.3 is 0 Å². The molecule has 70 valence electrons. The first-order valence-electron chi connectivity index (χ1n) is 3.93. The summed E-state index contributed by atoms with van der Waals surface area (Å²) in [5.41, 5.74) is 0.908. The summed E-state index contributed by atoms with van der Waals surface area (Å²) in [4.78, 5) is 0.388. The van der Waals surface area contributed by atoms with Crippen LogP contribution >= 0.6 is 0 Å². The fourth-order valence-electron chi connectivity index (χ4n) is 0.891. The first-order valence-corrected chi connectivity index (χ1v) is 5.83. The van der Waals surface area contributed by atoms with Gasteiger partial charge in [-0.2, -0.15) is 0 Å². The summed E-state index contributed by atoms with van der Waals surface area (Å²) in [5.74, 6) is 0. The van der Waals surface area contributed by atoms with Crippen LogP contribution in [0.15, 0.2) is 35.2 Å². The maximum Gasteiger partial charge on any atom is 0.171 e. The van der Waals surface area contributed by atoms with Crippen molar-refractivity contribution in [2.75, 3.05) is 6.26 Å². The van der Waals surface area contributed by atoms with Crippen molar-refractivity contribution < 1.29 is 8.42 Å². The summed E-state index contributed by atoms with van der Waals surface area (Å²) in [6.07, 6.45) is 2.87. The molecule has 3 heteroatoms. The maximum atomic E-state index is 11.1. The third-order valence-corrected chi connectivity index (χ3v) is 3.04. The van der Waals surface area contributed by atoms with Crippen molar-refractivity contribution in [3.05, 3.63) is 40.8 Å². The molecule has 0 unspecified atom stereocenters. The van der Waals surface area contributed by atoms with Crippen LogP contribution in [-0.4, -0.2) is 14.7 Å². The van der Waals surface area contributed by atoms with E-state index in [0.29, 0.717) is 4.91 Å². The molecule has 0 atom stereocenters. The molecule has 0 radical (unpaired) electrons. The molecule has 0 saturated heterocycles. The normalized spacial score (nSPS) is 12.9. The average Bonchev–Trinajstić information content (AvgIpc) is 2.04. The molecule has 0 N–H and O–H groups in total. The third kappa shape index (κ3) is 3.03. The van der Waals surface area contributed by atoms with Crippen LogP contribution in [0.2, 0.25) is 0 Å². The van der Waals surface area contributed by atoms with E-state index in [1.807, 2.05) is 30.3 Å². The molecule has 1 aromatic rings. The zero-order valence-corrected chi connectivity index (χ0v) is 8.51. The van der Waals surface area contributed by atoms with Gasteiger partial charge in [0, 0.05) is 11.2 Å². The quantitative estimate of drug-likeness (QED) is 0.725. The van der Waals surface area contributed by atoms with Gasteiger partial charge in [0.2, 0.25) is 0 Å². The number of sulfone groups is 1. The molecule has 0 spiro atoms. The second kappa shape index (κ2) is 3.75. The standard InChI is InChI=1S/C10H12O2S/c1-9(13(2,11)12)8-10-6-4-3-5-7-10/h3-8H,1-2H3/b9-8+. The van der Waals surface area contributed by atoms with E-state index < -0.39 is 9.84 Å². The second-order valence-corrected chi connectivity index (χ2v) is 5.13. The van der Waals surface area contributed by atoms with Gasteiger partial charge < -0.3 is 0 Å². The molecule has 13 heavy (non-hydrogen) atoms. The Labute approximate surface area is 78.8 Å². The fraction of sp³-hybridized carbons (Fsp3) is 0.200. The lowest BCUT2D eigenvalue weighted by atomic mass is 10.2. The molecule has 0 aliphatic carbocycles. The smallest absolute Gasteiger partial charge is 0.171 e. The Hall–Kier alpha value is -1.09. The first-order chi connectivity index (χ1) is 6.00. The van der Waals surface area contributed by atoms with Gasteiger partial charge in [-0.1, -0.05) is 30.3 Å². The van der Waals surface area contributed by atoms with Crippen molar-refractivity contribution in [2.45, 2.75) is 6.92 Å². The summed E-state index contributed by atoms with van der Waals surface area (Å²) < 4.78 is 22.1. The van der Waals surface area contributed by atoms with Crippen LogP contribution in [0.25, 0.3) is 6.08 Å². The molecule has 0 aliphatic rings. The Morgan fingerprint density at radius 2 is 1.77 bits per heavy atom. The van der Waals surface area contributed by atoms with Crippen LogP contribution in [0.5, 0.6) is 0 Å². The topological polar surface area (TPSA) is 34.1 Å². The van der Waals surface area contributed by atoms with Crippen LogP contribution in [0.3, 0.4) is 0 Å². The molecular formula is C10H12O2S. The van der Waals surface area contributed by atoms with Gasteiger partial charge in [0.25, 0.3) is 0 Å². The molecule has 0 aromatic heterocycles. The Morgan fingerprint density at radius 3 is 2.23 bits per heavy atom. The Bertz CT molecular complexity index is 402. The number of benzene rings is 1. The second-order valence-electron chi connectivity index (χ2n) is 2.94. The lowest BCUT2D eigenvalue weighted by molar-refractivity contribution is 0.608. The molecule has 0 fully saturated rings. The highest BCUT2D eigenvalue weighted by Crippen LogP contribution is 2.09. The van der Waals surface area contributed by atoms with E-state index in [-0.39, 0.29) is 0 Å². The van der Waals surface area contributed by atoms with Crippen molar-refractivity contribution in [1.29, 1.82) is 0 Å². The van der Waals surface area contributed by atoms with Gasteiger partial charge in [0.15, 0.2) is 9.84 Å². The van der Waals surface area contributed by atoms with Crippen LogP contribution in [0.1, 0.15) is 12.5 Å². The Balaban J connectivity index is 3.04. The minimum absolute atomic E-state index is 0.388. The largest absolute Gasteiger partial charge is 0.224 e. The molecule has 1 rings (SSSR count). The van der Waals surface area contributed by atoms with Gasteiger partial charge in [-0.3, -0.25) is 0 Å². The Kier molecular flexibility index (Phi) is 2.88. The lowest BCUT2D eigenvalue weighted by Gasteiger charge is -1.97. The molecule has 0 amide bonds. The van der Waals surface area contributed by atoms with E-state index in [2.05, 4.69) is 0 Å². The van der Waals surface area contributed by atoms with Crippen LogP contribution < -0.4 is 0 Å². The zero-order valence-electron chi connectivity index (χ0n) is 7.69. The minimum atomic E-state index is -3.04. The predicted molar refractivity (Wildman–Crippen MR) is 54.9 cm³/mol. The van der Waals surface area contributed by atoms with Gasteiger partial charge in [-0.05, 0) is 18.6 Å². The predicted octanol–water partition coefficient (Wildman–Crippen LogP) is 2.09. The van der Waals surface area contributed by atoms with Crippen LogP contribution in [-0.2, 0) is 9.84 Å². The van der Waals surface area contributed by atoms with Crippen LogP contribution in [0, 0.1) is 0 Å². The summed E-state index contributed by atoms with van der Waals surface area (Å²) in [5, 5.41) is 0. The summed E-state index contributed by atoms with van der Waals surface area (Å²) in [6.45, 7) is 1.60. The van der Waals surface area contributed by atoms with Crippen molar-refractivity contribution >= 4 is 15.9 Å². The number of hydrogen-bond acceptors (Lipinski definition) is 2. The zero-order chi connectivity index (χ0) is 9.90. The minimum Gasteiger partial charge on any atom is -0.224 e. The molecule has 0 heterocycles. The van der Waals surface area contributed by atoms with Gasteiger partial charge in [0.1, 0.15) is 0 Å². The van der Waals surface area contributed by atoms with Crippen LogP contribution in [0.4, 0.5) is 0 Å². The molecule has 0 saturated carbocycles.